The van der Waals surface area contributed by atoms with E-state index in [1.165, 1.54) is 23.3 Å². The number of sulfonamides is 1. The first kappa shape index (κ1) is 16.7. The van der Waals surface area contributed by atoms with Gasteiger partial charge in [-0.2, -0.15) is 4.31 Å². The lowest BCUT2D eigenvalue weighted by molar-refractivity contribution is 0.0730. The van der Waals surface area contributed by atoms with Crippen molar-refractivity contribution >= 4 is 15.8 Å². The first-order valence-corrected chi connectivity index (χ1v) is 9.80. The summed E-state index contributed by atoms with van der Waals surface area (Å²) in [5.41, 5.74) is 0. The van der Waals surface area contributed by atoms with Crippen molar-refractivity contribution < 1.29 is 13.2 Å². The average Bonchev–Trinajstić information content (AvgIpc) is 2.58. The normalized spacial score (nSPS) is 26.8. The van der Waals surface area contributed by atoms with Gasteiger partial charge < -0.3 is 10.1 Å². The second-order valence-corrected chi connectivity index (χ2v) is 8.43. The number of aromatic nitrogens is 1. The highest BCUT2D eigenvalue weighted by Crippen LogP contribution is 2.26. The molecule has 0 aromatic carbocycles. The number of nitrogens with one attached hydrogen (secondary N) is 1. The van der Waals surface area contributed by atoms with Crippen LogP contribution in [-0.2, 0) is 14.8 Å². The Morgan fingerprint density at radius 1 is 1.17 bits per heavy atom. The Morgan fingerprint density at radius 2 is 1.87 bits per heavy atom. The van der Waals surface area contributed by atoms with Gasteiger partial charge in [-0.25, -0.2) is 13.4 Å². The van der Waals surface area contributed by atoms with E-state index >= 15 is 0 Å². The molecule has 6 nitrogen and oxygen atoms in total. The molecule has 7 heteroatoms. The third kappa shape index (κ3) is 4.02. The zero-order valence-electron chi connectivity index (χ0n) is 13.6. The molecule has 0 amide bonds. The molecule has 2 heterocycles. The van der Waals surface area contributed by atoms with Crippen LogP contribution in [0.5, 0.6) is 0 Å². The number of hydrogen-bond donors (Lipinski definition) is 1. The molecule has 0 unspecified atom stereocenters. The molecule has 1 N–H and O–H groups in total. The fourth-order valence-corrected chi connectivity index (χ4v) is 4.52. The molecule has 2 aliphatic rings. The van der Waals surface area contributed by atoms with Crippen LogP contribution < -0.4 is 5.32 Å². The standard InChI is InChI=1S/C16H25N3O3S/c1-13-2-4-14(5-3-13)18-16-7-6-15(12-17-16)23(20,21)19-8-10-22-11-9-19/h6-7,12-14H,2-5,8-11H2,1H3,(H,17,18). The average molecular weight is 339 g/mol. The molecule has 0 radical (unpaired) electrons. The van der Waals surface area contributed by atoms with Crippen molar-refractivity contribution in [3.63, 3.8) is 0 Å². The Bertz CT molecular complexity index is 604. The molecule has 0 bridgehead atoms. The molecule has 1 saturated carbocycles. The zero-order chi connectivity index (χ0) is 16.3. The number of morpholine rings is 1. The highest BCUT2D eigenvalue weighted by atomic mass is 32.2. The van der Waals surface area contributed by atoms with E-state index in [9.17, 15) is 8.42 Å². The summed E-state index contributed by atoms with van der Waals surface area (Å²) in [6.45, 7) is 4.00. The van der Waals surface area contributed by atoms with Gasteiger partial charge in [0.05, 0.1) is 13.2 Å². The zero-order valence-corrected chi connectivity index (χ0v) is 14.4. The molecule has 1 aliphatic heterocycles. The Balaban J connectivity index is 1.64. The van der Waals surface area contributed by atoms with Crippen LogP contribution in [0.15, 0.2) is 23.2 Å². The van der Waals surface area contributed by atoms with Crippen molar-refractivity contribution in [1.82, 2.24) is 9.29 Å². The van der Waals surface area contributed by atoms with Crippen LogP contribution in [0.2, 0.25) is 0 Å². The summed E-state index contributed by atoms with van der Waals surface area (Å²) in [4.78, 5) is 4.56. The quantitative estimate of drug-likeness (QED) is 0.909. The van der Waals surface area contributed by atoms with Gasteiger partial charge in [-0.1, -0.05) is 6.92 Å². The molecule has 1 aromatic rings. The number of pyridine rings is 1. The highest BCUT2D eigenvalue weighted by molar-refractivity contribution is 7.89. The molecule has 0 atom stereocenters. The third-order valence-electron chi connectivity index (χ3n) is 4.71. The Kier molecular flexibility index (Phi) is 5.18. The molecule has 2 fully saturated rings. The second-order valence-electron chi connectivity index (χ2n) is 6.50. The molecule has 23 heavy (non-hydrogen) atoms. The van der Waals surface area contributed by atoms with Crippen LogP contribution in [0.4, 0.5) is 5.82 Å². The molecule has 3 rings (SSSR count). The molecular formula is C16H25N3O3S. The molecule has 1 aliphatic carbocycles. The van der Waals surface area contributed by atoms with Crippen molar-refractivity contribution in [2.45, 2.75) is 43.5 Å². The first-order valence-electron chi connectivity index (χ1n) is 8.36. The predicted molar refractivity (Wildman–Crippen MR) is 88.9 cm³/mol. The van der Waals surface area contributed by atoms with Crippen LogP contribution in [0.1, 0.15) is 32.6 Å². The summed E-state index contributed by atoms with van der Waals surface area (Å²) in [6, 6.07) is 3.86. The van der Waals surface area contributed by atoms with E-state index in [-0.39, 0.29) is 4.90 Å². The van der Waals surface area contributed by atoms with Crippen LogP contribution in [-0.4, -0.2) is 50.1 Å². The van der Waals surface area contributed by atoms with Crippen molar-refractivity contribution in [3.8, 4) is 0 Å². The van der Waals surface area contributed by atoms with Crippen LogP contribution in [0, 0.1) is 5.92 Å². The minimum Gasteiger partial charge on any atom is -0.379 e. The van der Waals surface area contributed by atoms with Gasteiger partial charge in [0.1, 0.15) is 10.7 Å². The number of nitrogens with zero attached hydrogens (tertiary/aromatic N) is 2. The summed E-state index contributed by atoms with van der Waals surface area (Å²) >= 11 is 0. The maximum atomic E-state index is 12.5. The van der Waals surface area contributed by atoms with Crippen molar-refractivity contribution in [3.05, 3.63) is 18.3 Å². The molecule has 128 valence electrons. The summed E-state index contributed by atoms with van der Waals surface area (Å²) in [5.74, 6) is 1.56. The lowest BCUT2D eigenvalue weighted by Gasteiger charge is -2.27. The lowest BCUT2D eigenvalue weighted by Crippen LogP contribution is -2.40. The third-order valence-corrected chi connectivity index (χ3v) is 6.59. The van der Waals surface area contributed by atoms with Crippen LogP contribution >= 0.6 is 0 Å². The van der Waals surface area contributed by atoms with E-state index in [1.807, 2.05) is 0 Å². The summed E-state index contributed by atoms with van der Waals surface area (Å²) in [6.07, 6.45) is 6.23. The van der Waals surface area contributed by atoms with Crippen molar-refractivity contribution in [2.75, 3.05) is 31.6 Å². The van der Waals surface area contributed by atoms with E-state index in [2.05, 4.69) is 17.2 Å². The van der Waals surface area contributed by atoms with E-state index in [4.69, 9.17) is 4.74 Å². The molecule has 1 aromatic heterocycles. The maximum absolute atomic E-state index is 12.5. The monoisotopic (exact) mass is 339 g/mol. The molecule has 0 spiro atoms. The van der Waals surface area contributed by atoms with Crippen LogP contribution in [0.25, 0.3) is 0 Å². The smallest absolute Gasteiger partial charge is 0.244 e. The van der Waals surface area contributed by atoms with Gasteiger partial charge in [0.2, 0.25) is 10.0 Å². The fourth-order valence-electron chi connectivity index (χ4n) is 3.17. The summed E-state index contributed by atoms with van der Waals surface area (Å²) < 4.78 is 31.7. The minimum absolute atomic E-state index is 0.252. The largest absolute Gasteiger partial charge is 0.379 e. The van der Waals surface area contributed by atoms with Gasteiger partial charge in [0.25, 0.3) is 0 Å². The van der Waals surface area contributed by atoms with Gasteiger partial charge >= 0.3 is 0 Å². The van der Waals surface area contributed by atoms with Crippen molar-refractivity contribution in [2.24, 2.45) is 5.92 Å². The SMILES string of the molecule is CC1CCC(Nc2ccc(S(=O)(=O)N3CCOCC3)cn2)CC1. The fraction of sp³-hybridized carbons (Fsp3) is 0.688. The second kappa shape index (κ2) is 7.15. The molecule has 1 saturated heterocycles. The van der Waals surface area contributed by atoms with Gasteiger partial charge in [-0.05, 0) is 43.7 Å². The minimum atomic E-state index is -3.46. The van der Waals surface area contributed by atoms with E-state index < -0.39 is 10.0 Å². The number of ether oxygens (including phenoxy) is 1. The summed E-state index contributed by atoms with van der Waals surface area (Å²) in [5, 5.41) is 3.42. The Labute approximate surface area is 138 Å². The highest BCUT2D eigenvalue weighted by Gasteiger charge is 2.26. The summed E-state index contributed by atoms with van der Waals surface area (Å²) in [7, 11) is -3.46. The van der Waals surface area contributed by atoms with Gasteiger partial charge in [0.15, 0.2) is 0 Å². The van der Waals surface area contributed by atoms with Crippen molar-refractivity contribution in [1.29, 1.82) is 0 Å². The van der Waals surface area contributed by atoms with E-state index in [1.54, 1.807) is 12.1 Å². The Hall–Kier alpha value is -1.18. The predicted octanol–water partition coefficient (Wildman–Crippen LogP) is 2.09. The lowest BCUT2D eigenvalue weighted by atomic mass is 9.87. The topological polar surface area (TPSA) is 71.5 Å². The number of hydrogen-bond acceptors (Lipinski definition) is 5. The van der Waals surface area contributed by atoms with Gasteiger partial charge in [0, 0.05) is 25.3 Å². The van der Waals surface area contributed by atoms with Gasteiger partial charge in [-0.15, -0.1) is 0 Å². The maximum Gasteiger partial charge on any atom is 0.244 e. The number of rotatable bonds is 4. The molecular weight excluding hydrogens is 314 g/mol. The number of anilines is 1. The van der Waals surface area contributed by atoms with E-state index in [0.29, 0.717) is 32.3 Å². The Morgan fingerprint density at radius 3 is 2.48 bits per heavy atom. The first-order chi connectivity index (χ1) is 11.1. The van der Waals surface area contributed by atoms with E-state index in [0.717, 1.165) is 24.6 Å². The van der Waals surface area contributed by atoms with Crippen LogP contribution in [0.3, 0.4) is 0 Å². The van der Waals surface area contributed by atoms with Gasteiger partial charge in [-0.3, -0.25) is 0 Å².